The number of carbonyl (C=O) groups is 1. The summed E-state index contributed by atoms with van der Waals surface area (Å²) < 4.78 is 5.31. The number of benzene rings is 2. The fourth-order valence-corrected chi connectivity index (χ4v) is 2.32. The van der Waals surface area contributed by atoms with Crippen LogP contribution in [0, 0.1) is 0 Å². The number of amidine groups is 1. The first-order valence-corrected chi connectivity index (χ1v) is 8.07. The van der Waals surface area contributed by atoms with E-state index < -0.39 is 0 Å². The van der Waals surface area contributed by atoms with Crippen LogP contribution in [0.15, 0.2) is 53.5 Å². The second-order valence-corrected chi connectivity index (χ2v) is 5.34. The second-order valence-electron chi connectivity index (χ2n) is 5.07. The van der Waals surface area contributed by atoms with Gasteiger partial charge in [0.2, 0.25) is 0 Å². The Morgan fingerprint density at radius 2 is 1.92 bits per heavy atom. The van der Waals surface area contributed by atoms with Crippen LogP contribution in [0.5, 0.6) is 5.75 Å². The summed E-state index contributed by atoms with van der Waals surface area (Å²) in [4.78, 5) is 16.6. The number of amides is 1. The molecule has 3 N–H and O–H groups in total. The van der Waals surface area contributed by atoms with Gasteiger partial charge >= 0.3 is 0 Å². The standard InChI is InChI=1S/C18H20ClN3O2/c1-24-16-9-5-2-6-13(16)10-11-21-18(23)14-7-3-4-8-15(14)22-17(20)12-19/h2-9H,10-12H2,1H3,(H2,20,22)(H,21,23). The van der Waals surface area contributed by atoms with E-state index in [0.29, 0.717) is 24.2 Å². The Hall–Kier alpha value is -2.53. The first kappa shape index (κ1) is 17.8. The van der Waals surface area contributed by atoms with E-state index in [-0.39, 0.29) is 17.6 Å². The van der Waals surface area contributed by atoms with Crippen molar-refractivity contribution in [2.24, 2.45) is 10.7 Å². The van der Waals surface area contributed by atoms with E-state index in [4.69, 9.17) is 22.1 Å². The zero-order valence-electron chi connectivity index (χ0n) is 13.5. The summed E-state index contributed by atoms with van der Waals surface area (Å²) in [7, 11) is 1.63. The molecule has 0 radical (unpaired) electrons. The summed E-state index contributed by atoms with van der Waals surface area (Å²) in [6, 6.07) is 14.7. The molecule has 0 heterocycles. The molecule has 126 valence electrons. The third-order valence-electron chi connectivity index (χ3n) is 3.42. The largest absolute Gasteiger partial charge is 0.496 e. The SMILES string of the molecule is COc1ccccc1CCNC(=O)c1ccccc1N=C(N)CCl. The average Bonchev–Trinajstić information content (AvgIpc) is 2.62. The molecule has 0 aromatic heterocycles. The Morgan fingerprint density at radius 1 is 1.21 bits per heavy atom. The van der Waals surface area contributed by atoms with Gasteiger partial charge in [0, 0.05) is 6.54 Å². The van der Waals surface area contributed by atoms with E-state index in [0.717, 1.165) is 11.3 Å². The number of alkyl halides is 1. The molecule has 24 heavy (non-hydrogen) atoms. The molecule has 0 saturated carbocycles. The quantitative estimate of drug-likeness (QED) is 0.460. The summed E-state index contributed by atoms with van der Waals surface area (Å²) in [6.45, 7) is 0.488. The Balaban J connectivity index is 2.03. The summed E-state index contributed by atoms with van der Waals surface area (Å²) >= 11 is 5.65. The number of nitrogens with zero attached hydrogens (tertiary/aromatic N) is 1. The van der Waals surface area contributed by atoms with E-state index in [2.05, 4.69) is 10.3 Å². The lowest BCUT2D eigenvalue weighted by atomic mass is 10.1. The van der Waals surface area contributed by atoms with Crippen molar-refractivity contribution in [2.45, 2.75) is 6.42 Å². The van der Waals surface area contributed by atoms with Gasteiger partial charge in [0.25, 0.3) is 5.91 Å². The molecule has 0 aliphatic carbocycles. The molecule has 6 heteroatoms. The molecule has 0 spiro atoms. The minimum atomic E-state index is -0.202. The van der Waals surface area contributed by atoms with Crippen LogP contribution in [0.25, 0.3) is 0 Å². The highest BCUT2D eigenvalue weighted by Crippen LogP contribution is 2.19. The van der Waals surface area contributed by atoms with E-state index in [1.165, 1.54) is 0 Å². The zero-order chi connectivity index (χ0) is 17.4. The fraction of sp³-hybridized carbons (Fsp3) is 0.222. The Labute approximate surface area is 146 Å². The van der Waals surface area contributed by atoms with Gasteiger partial charge in [-0.2, -0.15) is 0 Å². The van der Waals surface area contributed by atoms with Gasteiger partial charge in [-0.15, -0.1) is 11.6 Å². The Bertz CT molecular complexity index is 732. The molecule has 0 unspecified atom stereocenters. The van der Waals surface area contributed by atoms with Crippen LogP contribution in [0.2, 0.25) is 0 Å². The van der Waals surface area contributed by atoms with Crippen LogP contribution >= 0.6 is 11.6 Å². The number of carbonyl (C=O) groups excluding carboxylic acids is 1. The number of nitrogens with one attached hydrogen (secondary N) is 1. The molecule has 5 nitrogen and oxygen atoms in total. The fourth-order valence-electron chi connectivity index (χ4n) is 2.26. The lowest BCUT2D eigenvalue weighted by Crippen LogP contribution is -2.26. The first-order valence-electron chi connectivity index (χ1n) is 7.54. The van der Waals surface area contributed by atoms with Gasteiger partial charge in [-0.25, -0.2) is 4.99 Å². The number of hydrogen-bond acceptors (Lipinski definition) is 3. The molecular formula is C18H20ClN3O2. The van der Waals surface area contributed by atoms with Crippen LogP contribution in [0.1, 0.15) is 15.9 Å². The first-order chi connectivity index (χ1) is 11.7. The molecule has 2 aromatic rings. The van der Waals surface area contributed by atoms with E-state index in [9.17, 15) is 4.79 Å². The van der Waals surface area contributed by atoms with Crippen LogP contribution in [-0.4, -0.2) is 31.3 Å². The Kier molecular flexibility index (Phi) is 6.63. The van der Waals surface area contributed by atoms with Crippen LogP contribution < -0.4 is 15.8 Å². The molecule has 2 rings (SSSR count). The molecule has 0 aliphatic rings. The van der Waals surface area contributed by atoms with Crippen molar-refractivity contribution in [3.05, 3.63) is 59.7 Å². The predicted octanol–water partition coefficient (Wildman–Crippen LogP) is 2.90. The maximum Gasteiger partial charge on any atom is 0.253 e. The minimum Gasteiger partial charge on any atom is -0.496 e. The van der Waals surface area contributed by atoms with E-state index in [1.54, 1.807) is 31.4 Å². The number of aliphatic imine (C=N–C) groups is 1. The van der Waals surface area contributed by atoms with Gasteiger partial charge in [-0.1, -0.05) is 30.3 Å². The maximum atomic E-state index is 12.4. The molecule has 0 atom stereocenters. The van der Waals surface area contributed by atoms with E-state index >= 15 is 0 Å². The van der Waals surface area contributed by atoms with Gasteiger partial charge < -0.3 is 15.8 Å². The third-order valence-corrected chi connectivity index (χ3v) is 3.70. The van der Waals surface area contributed by atoms with Crippen molar-refractivity contribution < 1.29 is 9.53 Å². The number of para-hydroxylation sites is 2. The average molecular weight is 346 g/mol. The van der Waals surface area contributed by atoms with Crippen LogP contribution in [0.4, 0.5) is 5.69 Å². The number of rotatable bonds is 7. The molecule has 0 aliphatic heterocycles. The van der Waals surface area contributed by atoms with Crippen molar-refractivity contribution in [1.82, 2.24) is 5.32 Å². The number of halogens is 1. The van der Waals surface area contributed by atoms with Crippen molar-refractivity contribution in [2.75, 3.05) is 19.5 Å². The second kappa shape index (κ2) is 8.93. The zero-order valence-corrected chi connectivity index (χ0v) is 14.2. The molecule has 0 bridgehead atoms. The minimum absolute atomic E-state index is 0.115. The van der Waals surface area contributed by atoms with Crippen molar-refractivity contribution >= 4 is 29.0 Å². The monoisotopic (exact) mass is 345 g/mol. The summed E-state index contributed by atoms with van der Waals surface area (Å²) in [5.41, 5.74) is 7.66. The molecule has 0 fully saturated rings. The lowest BCUT2D eigenvalue weighted by Gasteiger charge is -2.10. The molecule has 0 saturated heterocycles. The van der Waals surface area contributed by atoms with Crippen LogP contribution in [0.3, 0.4) is 0 Å². The highest BCUT2D eigenvalue weighted by molar-refractivity contribution is 6.28. The van der Waals surface area contributed by atoms with E-state index in [1.807, 2.05) is 24.3 Å². The van der Waals surface area contributed by atoms with Gasteiger partial charge in [0.15, 0.2) is 0 Å². The summed E-state index contributed by atoms with van der Waals surface area (Å²) in [5, 5.41) is 2.89. The lowest BCUT2D eigenvalue weighted by molar-refractivity contribution is 0.0955. The van der Waals surface area contributed by atoms with Crippen molar-refractivity contribution in [3.8, 4) is 5.75 Å². The van der Waals surface area contributed by atoms with Gasteiger partial charge in [-0.3, -0.25) is 4.79 Å². The summed E-state index contributed by atoms with van der Waals surface area (Å²) in [5.74, 6) is 0.994. The number of methoxy groups -OCH3 is 1. The third kappa shape index (κ3) is 4.73. The Morgan fingerprint density at radius 3 is 2.67 bits per heavy atom. The molecular weight excluding hydrogens is 326 g/mol. The number of hydrogen-bond donors (Lipinski definition) is 2. The number of ether oxygens (including phenoxy) is 1. The van der Waals surface area contributed by atoms with Gasteiger partial charge in [-0.05, 0) is 30.2 Å². The van der Waals surface area contributed by atoms with Crippen molar-refractivity contribution in [1.29, 1.82) is 0 Å². The summed E-state index contributed by atoms with van der Waals surface area (Å²) in [6.07, 6.45) is 0.672. The topological polar surface area (TPSA) is 76.7 Å². The highest BCUT2D eigenvalue weighted by Gasteiger charge is 2.11. The van der Waals surface area contributed by atoms with Crippen LogP contribution in [-0.2, 0) is 6.42 Å². The highest BCUT2D eigenvalue weighted by atomic mass is 35.5. The normalized spacial score (nSPS) is 11.2. The maximum absolute atomic E-state index is 12.4. The molecule has 1 amide bonds. The van der Waals surface area contributed by atoms with Crippen molar-refractivity contribution in [3.63, 3.8) is 0 Å². The predicted molar refractivity (Wildman–Crippen MR) is 97.5 cm³/mol. The number of nitrogens with two attached hydrogens (primary N) is 1. The van der Waals surface area contributed by atoms with Gasteiger partial charge in [0.05, 0.1) is 24.2 Å². The smallest absolute Gasteiger partial charge is 0.253 e. The van der Waals surface area contributed by atoms with Gasteiger partial charge in [0.1, 0.15) is 11.6 Å². The molecule has 2 aromatic carbocycles.